The fourth-order valence-corrected chi connectivity index (χ4v) is 3.29. The van der Waals surface area contributed by atoms with E-state index in [9.17, 15) is 9.59 Å². The fraction of sp³-hybridized carbons (Fsp3) is 0.368. The van der Waals surface area contributed by atoms with Crippen LogP contribution in [-0.2, 0) is 16.0 Å². The normalized spacial score (nSPS) is 14.4. The molecule has 0 saturated carbocycles. The minimum atomic E-state index is -0.0210. The van der Waals surface area contributed by atoms with E-state index >= 15 is 0 Å². The van der Waals surface area contributed by atoms with Crippen molar-refractivity contribution in [2.24, 2.45) is 0 Å². The van der Waals surface area contributed by atoms with Crippen molar-refractivity contribution < 1.29 is 9.59 Å². The predicted molar refractivity (Wildman–Crippen MR) is 94.2 cm³/mol. The van der Waals surface area contributed by atoms with Gasteiger partial charge in [-0.15, -0.1) is 6.58 Å². The summed E-state index contributed by atoms with van der Waals surface area (Å²) in [6, 6.07) is 7.99. The molecule has 1 N–H and O–H groups in total. The molecule has 2 amide bonds. The van der Waals surface area contributed by atoms with Crippen LogP contribution < -0.4 is 0 Å². The van der Waals surface area contributed by atoms with Crippen molar-refractivity contribution in [3.05, 3.63) is 48.2 Å². The van der Waals surface area contributed by atoms with Gasteiger partial charge < -0.3 is 4.98 Å². The molecule has 1 aromatic carbocycles. The summed E-state index contributed by atoms with van der Waals surface area (Å²) in [6.07, 6.45) is 3.91. The molecule has 0 radical (unpaired) electrons. The van der Waals surface area contributed by atoms with Gasteiger partial charge in [-0.1, -0.05) is 24.3 Å². The van der Waals surface area contributed by atoms with Crippen molar-refractivity contribution >= 4 is 22.7 Å². The third kappa shape index (κ3) is 3.07. The van der Waals surface area contributed by atoms with E-state index in [2.05, 4.69) is 11.6 Å². The van der Waals surface area contributed by atoms with Crippen LogP contribution in [0.25, 0.3) is 10.9 Å². The third-order valence-corrected chi connectivity index (χ3v) is 4.52. The van der Waals surface area contributed by atoms with Gasteiger partial charge in [0.2, 0.25) is 11.8 Å². The Kier molecular flexibility index (Phi) is 4.69. The average Bonchev–Trinajstić information content (AvgIpc) is 3.18. The number of benzene rings is 1. The molecule has 3 rings (SSSR count). The molecule has 2 heterocycles. The predicted octanol–water partition coefficient (Wildman–Crippen LogP) is 2.96. The number of carbonyl (C=O) groups is 2. The van der Waals surface area contributed by atoms with Crippen LogP contribution in [0.5, 0.6) is 0 Å². The summed E-state index contributed by atoms with van der Waals surface area (Å²) in [5.74, 6) is -0.0243. The Bertz CT molecular complexity index is 778. The molecule has 5 nitrogen and oxygen atoms in total. The highest BCUT2D eigenvalue weighted by Crippen LogP contribution is 2.24. The Hall–Kier alpha value is -2.56. The number of aromatic amines is 1. The molecule has 126 valence electrons. The van der Waals surface area contributed by atoms with Gasteiger partial charge >= 0.3 is 0 Å². The zero-order valence-corrected chi connectivity index (χ0v) is 14.0. The van der Waals surface area contributed by atoms with Crippen molar-refractivity contribution in [1.82, 2.24) is 15.0 Å². The Morgan fingerprint density at radius 1 is 1.21 bits per heavy atom. The van der Waals surface area contributed by atoms with Crippen LogP contribution >= 0.6 is 0 Å². The molecule has 1 aromatic heterocycles. The van der Waals surface area contributed by atoms with Crippen LogP contribution in [0.3, 0.4) is 0 Å². The summed E-state index contributed by atoms with van der Waals surface area (Å²) in [5.41, 5.74) is 3.06. The van der Waals surface area contributed by atoms with E-state index in [1.165, 1.54) is 0 Å². The van der Waals surface area contributed by atoms with Crippen molar-refractivity contribution in [2.75, 3.05) is 13.1 Å². The van der Waals surface area contributed by atoms with E-state index in [0.29, 0.717) is 32.4 Å². The number of carbonyl (C=O) groups excluding carboxylic acids is 2. The SMILES string of the molecule is C=CCCC(=O)N1CCCN1C(=O)Cc1c(C)[nH]c2ccccc12. The molecule has 24 heavy (non-hydrogen) atoms. The second-order valence-electron chi connectivity index (χ2n) is 6.17. The average molecular weight is 325 g/mol. The van der Waals surface area contributed by atoms with Crippen LogP contribution in [0.2, 0.25) is 0 Å². The monoisotopic (exact) mass is 325 g/mol. The van der Waals surface area contributed by atoms with Gasteiger partial charge in [-0.2, -0.15) is 0 Å². The first-order valence-corrected chi connectivity index (χ1v) is 8.39. The summed E-state index contributed by atoms with van der Waals surface area (Å²) in [5, 5.41) is 4.30. The summed E-state index contributed by atoms with van der Waals surface area (Å²) in [4.78, 5) is 28.4. The molecule has 1 saturated heterocycles. The second-order valence-corrected chi connectivity index (χ2v) is 6.17. The molecule has 0 bridgehead atoms. The van der Waals surface area contributed by atoms with Gasteiger partial charge in [0.25, 0.3) is 0 Å². The first kappa shape index (κ1) is 16.3. The number of nitrogens with zero attached hydrogens (tertiary/aromatic N) is 2. The number of rotatable bonds is 5. The Labute approximate surface area is 141 Å². The maximum Gasteiger partial charge on any atom is 0.245 e. The van der Waals surface area contributed by atoms with Gasteiger partial charge in [-0.3, -0.25) is 19.6 Å². The molecule has 0 spiro atoms. The van der Waals surface area contributed by atoms with Gasteiger partial charge in [-0.05, 0) is 31.4 Å². The number of fused-ring (bicyclic) bond motifs is 1. The zero-order chi connectivity index (χ0) is 17.1. The molecular weight excluding hydrogens is 302 g/mol. The number of hydrazine groups is 1. The lowest BCUT2D eigenvalue weighted by Crippen LogP contribution is -2.45. The van der Waals surface area contributed by atoms with Crippen LogP contribution in [0.4, 0.5) is 0 Å². The Balaban J connectivity index is 1.77. The molecule has 0 atom stereocenters. The largest absolute Gasteiger partial charge is 0.358 e. The van der Waals surface area contributed by atoms with E-state index in [4.69, 9.17) is 0 Å². The number of H-pyrrole nitrogens is 1. The molecule has 2 aromatic rings. The summed E-state index contributed by atoms with van der Waals surface area (Å²) in [7, 11) is 0. The Morgan fingerprint density at radius 2 is 1.92 bits per heavy atom. The minimum absolute atomic E-state index is 0.00333. The number of para-hydroxylation sites is 1. The minimum Gasteiger partial charge on any atom is -0.358 e. The first-order valence-electron chi connectivity index (χ1n) is 8.39. The second kappa shape index (κ2) is 6.91. The number of aryl methyl sites for hydroxylation is 1. The summed E-state index contributed by atoms with van der Waals surface area (Å²) < 4.78 is 0. The molecule has 0 unspecified atom stereocenters. The molecular formula is C19H23N3O2. The highest BCUT2D eigenvalue weighted by molar-refractivity contribution is 5.91. The summed E-state index contributed by atoms with van der Waals surface area (Å²) >= 11 is 0. The highest BCUT2D eigenvalue weighted by Gasteiger charge is 2.30. The lowest BCUT2D eigenvalue weighted by atomic mass is 10.1. The van der Waals surface area contributed by atoms with E-state index in [-0.39, 0.29) is 11.8 Å². The van der Waals surface area contributed by atoms with Crippen LogP contribution in [0.15, 0.2) is 36.9 Å². The number of hydrogen-bond acceptors (Lipinski definition) is 2. The van der Waals surface area contributed by atoms with Crippen LogP contribution in [-0.4, -0.2) is 39.9 Å². The molecule has 1 fully saturated rings. The standard InChI is InChI=1S/C19H23N3O2/c1-3-4-10-18(23)21-11-7-12-22(21)19(24)13-16-14(2)20-17-9-6-5-8-15(16)17/h3,5-6,8-9,20H,1,4,7,10-13H2,2H3. The van der Waals surface area contributed by atoms with Crippen molar-refractivity contribution in [3.8, 4) is 0 Å². The van der Waals surface area contributed by atoms with Gasteiger partial charge in [-0.25, -0.2) is 0 Å². The number of amides is 2. The number of nitrogens with one attached hydrogen (secondary N) is 1. The lowest BCUT2D eigenvalue weighted by molar-refractivity contribution is -0.157. The van der Waals surface area contributed by atoms with E-state index in [1.54, 1.807) is 16.1 Å². The lowest BCUT2D eigenvalue weighted by Gasteiger charge is -2.28. The van der Waals surface area contributed by atoms with Crippen molar-refractivity contribution in [1.29, 1.82) is 0 Å². The van der Waals surface area contributed by atoms with Crippen LogP contribution in [0, 0.1) is 6.92 Å². The topological polar surface area (TPSA) is 56.4 Å². The van der Waals surface area contributed by atoms with Gasteiger partial charge in [0, 0.05) is 36.1 Å². The highest BCUT2D eigenvalue weighted by atomic mass is 16.2. The number of allylic oxidation sites excluding steroid dienone is 1. The number of hydrogen-bond donors (Lipinski definition) is 1. The smallest absolute Gasteiger partial charge is 0.245 e. The zero-order valence-electron chi connectivity index (χ0n) is 14.0. The van der Waals surface area contributed by atoms with Gasteiger partial charge in [0.05, 0.1) is 6.42 Å². The Morgan fingerprint density at radius 3 is 2.67 bits per heavy atom. The first-order chi connectivity index (χ1) is 11.6. The molecule has 5 heteroatoms. The van der Waals surface area contributed by atoms with Crippen LogP contribution in [0.1, 0.15) is 30.5 Å². The number of aromatic nitrogens is 1. The van der Waals surface area contributed by atoms with Crippen molar-refractivity contribution in [2.45, 2.75) is 32.6 Å². The third-order valence-electron chi connectivity index (χ3n) is 4.52. The molecule has 1 aliphatic rings. The van der Waals surface area contributed by atoms with E-state index in [1.807, 2.05) is 31.2 Å². The maximum absolute atomic E-state index is 12.8. The van der Waals surface area contributed by atoms with Gasteiger partial charge in [0.15, 0.2) is 0 Å². The fourth-order valence-electron chi connectivity index (χ4n) is 3.29. The molecule has 1 aliphatic heterocycles. The summed E-state index contributed by atoms with van der Waals surface area (Å²) in [6.45, 7) is 6.86. The van der Waals surface area contributed by atoms with Crippen molar-refractivity contribution in [3.63, 3.8) is 0 Å². The van der Waals surface area contributed by atoms with Gasteiger partial charge in [0.1, 0.15) is 0 Å². The quantitative estimate of drug-likeness (QED) is 0.859. The van der Waals surface area contributed by atoms with E-state index < -0.39 is 0 Å². The maximum atomic E-state index is 12.8. The molecule has 0 aliphatic carbocycles. The van der Waals surface area contributed by atoms with E-state index in [0.717, 1.165) is 28.6 Å².